The first-order chi connectivity index (χ1) is 9.26. The number of hydrogen-bond acceptors (Lipinski definition) is 3. The first-order valence-corrected chi connectivity index (χ1v) is 7.38. The van der Waals surface area contributed by atoms with Gasteiger partial charge < -0.3 is 15.0 Å². The zero-order chi connectivity index (χ0) is 13.7. The van der Waals surface area contributed by atoms with E-state index in [4.69, 9.17) is 4.74 Å². The summed E-state index contributed by atoms with van der Waals surface area (Å²) in [6.07, 6.45) is 0. The summed E-state index contributed by atoms with van der Waals surface area (Å²) < 4.78 is 5.64. The molecule has 1 saturated heterocycles. The highest BCUT2D eigenvalue weighted by Crippen LogP contribution is 2.23. The fourth-order valence-corrected chi connectivity index (χ4v) is 2.87. The molecule has 106 valence electrons. The van der Waals surface area contributed by atoms with E-state index in [9.17, 15) is 0 Å². The standard InChI is InChI=1S/C16H26N2O/c1-4-17-15-12-19-11-14(15)10-18(5-2)16-9-7-6-8-13(16)3/h6-9,14-15,17H,4-5,10-12H2,1-3H3. The van der Waals surface area contributed by atoms with Crippen molar-refractivity contribution in [1.29, 1.82) is 0 Å². The minimum absolute atomic E-state index is 0.503. The minimum Gasteiger partial charge on any atom is -0.379 e. The van der Waals surface area contributed by atoms with E-state index < -0.39 is 0 Å². The lowest BCUT2D eigenvalue weighted by atomic mass is 10.0. The lowest BCUT2D eigenvalue weighted by Gasteiger charge is -2.30. The van der Waals surface area contributed by atoms with Crippen molar-refractivity contribution in [2.75, 3.05) is 37.7 Å². The van der Waals surface area contributed by atoms with Crippen molar-refractivity contribution in [3.63, 3.8) is 0 Å². The summed E-state index contributed by atoms with van der Waals surface area (Å²) in [4.78, 5) is 2.47. The molecule has 1 heterocycles. The highest BCUT2D eigenvalue weighted by molar-refractivity contribution is 5.52. The van der Waals surface area contributed by atoms with E-state index in [1.165, 1.54) is 11.3 Å². The van der Waals surface area contributed by atoms with Crippen LogP contribution in [0.15, 0.2) is 24.3 Å². The molecule has 0 bridgehead atoms. The number of ether oxygens (including phenoxy) is 1. The minimum atomic E-state index is 0.503. The summed E-state index contributed by atoms with van der Waals surface area (Å²) in [7, 11) is 0. The molecule has 0 spiro atoms. The van der Waals surface area contributed by atoms with Gasteiger partial charge in [0.05, 0.1) is 13.2 Å². The highest BCUT2D eigenvalue weighted by atomic mass is 16.5. The van der Waals surface area contributed by atoms with Crippen LogP contribution < -0.4 is 10.2 Å². The summed E-state index contributed by atoms with van der Waals surface area (Å²) in [5, 5.41) is 3.54. The first-order valence-electron chi connectivity index (χ1n) is 7.38. The van der Waals surface area contributed by atoms with Gasteiger partial charge in [-0.3, -0.25) is 0 Å². The van der Waals surface area contributed by atoms with E-state index in [0.29, 0.717) is 12.0 Å². The van der Waals surface area contributed by atoms with Crippen LogP contribution >= 0.6 is 0 Å². The van der Waals surface area contributed by atoms with Crippen LogP contribution in [-0.4, -0.2) is 38.9 Å². The number of likely N-dealkylation sites (N-methyl/N-ethyl adjacent to an activating group) is 1. The topological polar surface area (TPSA) is 24.5 Å². The van der Waals surface area contributed by atoms with Gasteiger partial charge in [0.15, 0.2) is 0 Å². The smallest absolute Gasteiger partial charge is 0.0624 e. The van der Waals surface area contributed by atoms with Gasteiger partial charge in [-0.25, -0.2) is 0 Å². The van der Waals surface area contributed by atoms with Gasteiger partial charge >= 0.3 is 0 Å². The summed E-state index contributed by atoms with van der Waals surface area (Å²) in [6, 6.07) is 9.13. The van der Waals surface area contributed by atoms with Crippen molar-refractivity contribution in [2.24, 2.45) is 5.92 Å². The van der Waals surface area contributed by atoms with Crippen molar-refractivity contribution >= 4 is 5.69 Å². The van der Waals surface area contributed by atoms with Gasteiger partial charge in [-0.1, -0.05) is 25.1 Å². The molecule has 0 aliphatic carbocycles. The Hall–Kier alpha value is -1.06. The van der Waals surface area contributed by atoms with E-state index in [0.717, 1.165) is 32.8 Å². The van der Waals surface area contributed by atoms with Crippen LogP contribution in [0.3, 0.4) is 0 Å². The lowest BCUT2D eigenvalue weighted by Crippen LogP contribution is -2.42. The molecule has 0 aromatic heterocycles. The Bertz CT molecular complexity index is 394. The Morgan fingerprint density at radius 1 is 1.26 bits per heavy atom. The Morgan fingerprint density at radius 3 is 2.74 bits per heavy atom. The van der Waals surface area contributed by atoms with Crippen LogP contribution in [0.4, 0.5) is 5.69 Å². The van der Waals surface area contributed by atoms with Gasteiger partial charge in [-0.05, 0) is 32.0 Å². The number of anilines is 1. The van der Waals surface area contributed by atoms with Crippen LogP contribution in [0.5, 0.6) is 0 Å². The predicted octanol–water partition coefficient (Wildman–Crippen LogP) is 2.45. The molecule has 19 heavy (non-hydrogen) atoms. The molecule has 1 N–H and O–H groups in total. The number of rotatable bonds is 6. The zero-order valence-corrected chi connectivity index (χ0v) is 12.4. The van der Waals surface area contributed by atoms with Crippen molar-refractivity contribution in [3.05, 3.63) is 29.8 Å². The molecule has 1 aliphatic heterocycles. The maximum atomic E-state index is 5.64. The van der Waals surface area contributed by atoms with E-state index >= 15 is 0 Å². The van der Waals surface area contributed by atoms with Crippen LogP contribution in [0.1, 0.15) is 19.4 Å². The van der Waals surface area contributed by atoms with Gasteiger partial charge in [0.25, 0.3) is 0 Å². The van der Waals surface area contributed by atoms with Gasteiger partial charge in [0.1, 0.15) is 0 Å². The van der Waals surface area contributed by atoms with Crippen molar-refractivity contribution in [2.45, 2.75) is 26.8 Å². The van der Waals surface area contributed by atoms with Crippen molar-refractivity contribution in [1.82, 2.24) is 5.32 Å². The van der Waals surface area contributed by atoms with Crippen LogP contribution in [0.25, 0.3) is 0 Å². The highest BCUT2D eigenvalue weighted by Gasteiger charge is 2.29. The van der Waals surface area contributed by atoms with Crippen molar-refractivity contribution in [3.8, 4) is 0 Å². The monoisotopic (exact) mass is 262 g/mol. The maximum absolute atomic E-state index is 5.64. The van der Waals surface area contributed by atoms with Crippen LogP contribution in [0.2, 0.25) is 0 Å². The largest absolute Gasteiger partial charge is 0.379 e. The fourth-order valence-electron chi connectivity index (χ4n) is 2.87. The molecule has 1 aromatic rings. The Balaban J connectivity index is 2.05. The third kappa shape index (κ3) is 3.48. The van der Waals surface area contributed by atoms with E-state index in [-0.39, 0.29) is 0 Å². The average Bonchev–Trinajstić information content (AvgIpc) is 2.85. The number of nitrogens with one attached hydrogen (secondary N) is 1. The summed E-state index contributed by atoms with van der Waals surface area (Å²) in [5.74, 6) is 0.583. The molecule has 0 amide bonds. The van der Waals surface area contributed by atoms with Gasteiger partial charge in [0, 0.05) is 30.7 Å². The second-order valence-electron chi connectivity index (χ2n) is 5.29. The van der Waals surface area contributed by atoms with Crippen LogP contribution in [0, 0.1) is 12.8 Å². The lowest BCUT2D eigenvalue weighted by molar-refractivity contribution is 0.183. The molecule has 1 aromatic carbocycles. The Labute approximate surface area is 116 Å². The normalized spacial score (nSPS) is 22.7. The average molecular weight is 262 g/mol. The maximum Gasteiger partial charge on any atom is 0.0624 e. The number of aryl methyl sites for hydroxylation is 1. The SMILES string of the molecule is CCNC1COCC1CN(CC)c1ccccc1C. The zero-order valence-electron chi connectivity index (χ0n) is 12.4. The number of benzene rings is 1. The van der Waals surface area contributed by atoms with Gasteiger partial charge in [-0.15, -0.1) is 0 Å². The van der Waals surface area contributed by atoms with Gasteiger partial charge in [0.2, 0.25) is 0 Å². The molecule has 0 radical (unpaired) electrons. The quantitative estimate of drug-likeness (QED) is 0.852. The molecule has 1 fully saturated rings. The molecular weight excluding hydrogens is 236 g/mol. The molecule has 2 unspecified atom stereocenters. The molecule has 2 rings (SSSR count). The van der Waals surface area contributed by atoms with Gasteiger partial charge in [-0.2, -0.15) is 0 Å². The van der Waals surface area contributed by atoms with E-state index in [1.54, 1.807) is 0 Å². The summed E-state index contributed by atoms with van der Waals surface area (Å²) in [6.45, 7) is 11.4. The number of nitrogens with zero attached hydrogens (tertiary/aromatic N) is 1. The molecular formula is C16H26N2O. The van der Waals surface area contributed by atoms with E-state index in [1.807, 2.05) is 0 Å². The molecule has 1 aliphatic rings. The summed E-state index contributed by atoms with van der Waals surface area (Å²) in [5.41, 5.74) is 2.70. The predicted molar refractivity (Wildman–Crippen MR) is 80.8 cm³/mol. The number of hydrogen-bond donors (Lipinski definition) is 1. The fraction of sp³-hybridized carbons (Fsp3) is 0.625. The molecule has 3 heteroatoms. The Kier molecular flexibility index (Phi) is 5.23. The Morgan fingerprint density at radius 2 is 2.05 bits per heavy atom. The van der Waals surface area contributed by atoms with Crippen LogP contribution in [-0.2, 0) is 4.74 Å². The molecule has 3 nitrogen and oxygen atoms in total. The second kappa shape index (κ2) is 6.92. The molecule has 2 atom stereocenters. The molecule has 0 saturated carbocycles. The summed E-state index contributed by atoms with van der Waals surface area (Å²) >= 11 is 0. The number of para-hydroxylation sites is 1. The third-order valence-corrected chi connectivity index (χ3v) is 3.96. The third-order valence-electron chi connectivity index (χ3n) is 3.96. The van der Waals surface area contributed by atoms with Crippen molar-refractivity contribution < 1.29 is 4.74 Å². The second-order valence-corrected chi connectivity index (χ2v) is 5.29. The first kappa shape index (κ1) is 14.4. The van der Waals surface area contributed by atoms with E-state index in [2.05, 4.69) is 55.3 Å².